The molecule has 4 bridgehead atoms. The largest absolute Gasteiger partial charge is 0.313 e. The molecule has 1 unspecified atom stereocenters. The molecule has 5 aliphatic carbocycles. The Hall–Kier alpha value is -0.300. The van der Waals surface area contributed by atoms with Gasteiger partial charge in [0.2, 0.25) is 0 Å². The van der Waals surface area contributed by atoms with Gasteiger partial charge in [0.05, 0.1) is 0 Å². The molecule has 0 spiro atoms. The topological polar surface area (TPSA) is 12.0 Å². The fourth-order valence-electron chi connectivity index (χ4n) is 6.64. The smallest absolute Gasteiger partial charge is 0.0310 e. The van der Waals surface area contributed by atoms with Crippen LogP contribution in [0.1, 0.15) is 70.6 Å². The summed E-state index contributed by atoms with van der Waals surface area (Å²) in [6.07, 6.45) is 18.9. The Bertz CT molecular complexity index is 369. The molecule has 0 aromatic rings. The monoisotopic (exact) mass is 287 g/mol. The zero-order chi connectivity index (χ0) is 14.2. The molecule has 0 aromatic carbocycles. The first-order valence-electron chi connectivity index (χ1n) is 9.71. The summed E-state index contributed by atoms with van der Waals surface area (Å²) in [7, 11) is 2.23. The van der Waals surface area contributed by atoms with Gasteiger partial charge in [-0.1, -0.05) is 24.5 Å². The molecule has 0 amide bonds. The molecular weight excluding hydrogens is 254 g/mol. The normalized spacial score (nSPS) is 44.0. The molecule has 5 aliphatic rings. The van der Waals surface area contributed by atoms with E-state index in [0.717, 1.165) is 29.6 Å². The van der Waals surface area contributed by atoms with Crippen LogP contribution in [0, 0.1) is 29.6 Å². The standard InChI is InChI=1S/C20H33N/c1-21-20(16-7-5-3-2-4-6-8-16)19-17-10-14-9-15(12-17)13-18(19)11-14/h7,14-15,17-21H,2-6,8-13H2,1H3. The van der Waals surface area contributed by atoms with Crippen molar-refractivity contribution in [3.05, 3.63) is 11.6 Å². The maximum Gasteiger partial charge on any atom is 0.0310 e. The minimum Gasteiger partial charge on any atom is -0.313 e. The minimum atomic E-state index is 0.707. The number of hydrogen-bond donors (Lipinski definition) is 1. The van der Waals surface area contributed by atoms with Crippen molar-refractivity contribution in [2.24, 2.45) is 29.6 Å². The number of hydrogen-bond acceptors (Lipinski definition) is 1. The van der Waals surface area contributed by atoms with Crippen LogP contribution in [-0.4, -0.2) is 13.1 Å². The van der Waals surface area contributed by atoms with Gasteiger partial charge in [0.1, 0.15) is 0 Å². The highest BCUT2D eigenvalue weighted by Gasteiger charge is 2.50. The summed E-state index contributed by atoms with van der Waals surface area (Å²) >= 11 is 0. The molecule has 4 saturated carbocycles. The van der Waals surface area contributed by atoms with E-state index in [9.17, 15) is 0 Å². The predicted molar refractivity (Wildman–Crippen MR) is 89.2 cm³/mol. The highest BCUT2D eigenvalue weighted by Crippen LogP contribution is 2.58. The zero-order valence-electron chi connectivity index (χ0n) is 13.8. The van der Waals surface area contributed by atoms with Crippen molar-refractivity contribution in [2.75, 3.05) is 7.05 Å². The molecule has 1 nitrogen and oxygen atoms in total. The van der Waals surface area contributed by atoms with E-state index in [1.54, 1.807) is 37.7 Å². The number of nitrogens with one attached hydrogen (secondary N) is 1. The average molecular weight is 287 g/mol. The summed E-state index contributed by atoms with van der Waals surface area (Å²) in [6.45, 7) is 0. The highest BCUT2D eigenvalue weighted by molar-refractivity contribution is 5.17. The summed E-state index contributed by atoms with van der Waals surface area (Å²) in [5.41, 5.74) is 1.79. The number of allylic oxidation sites excluding steroid dienone is 1. The van der Waals surface area contributed by atoms with Crippen LogP contribution in [0.5, 0.6) is 0 Å². The summed E-state index contributed by atoms with van der Waals surface area (Å²) in [5, 5.41) is 3.78. The Morgan fingerprint density at radius 3 is 2.24 bits per heavy atom. The van der Waals surface area contributed by atoms with Gasteiger partial charge >= 0.3 is 0 Å². The second-order valence-electron chi connectivity index (χ2n) is 8.51. The molecule has 4 fully saturated rings. The van der Waals surface area contributed by atoms with Gasteiger partial charge < -0.3 is 5.32 Å². The van der Waals surface area contributed by atoms with Gasteiger partial charge in [-0.3, -0.25) is 0 Å². The molecule has 0 aliphatic heterocycles. The third kappa shape index (κ3) is 2.71. The summed E-state index contributed by atoms with van der Waals surface area (Å²) in [5.74, 6) is 5.27. The SMILES string of the molecule is CNC(C1=CCCCCCC1)C1C2CC3CC(C2)CC1C3. The lowest BCUT2D eigenvalue weighted by Crippen LogP contribution is -2.53. The zero-order valence-corrected chi connectivity index (χ0v) is 13.8. The Balaban J connectivity index is 1.55. The van der Waals surface area contributed by atoms with Crippen molar-refractivity contribution in [1.82, 2.24) is 5.32 Å². The van der Waals surface area contributed by atoms with Crippen LogP contribution in [0.15, 0.2) is 11.6 Å². The van der Waals surface area contributed by atoms with Crippen LogP contribution in [0.4, 0.5) is 0 Å². The molecule has 0 heterocycles. The van der Waals surface area contributed by atoms with Crippen molar-refractivity contribution in [1.29, 1.82) is 0 Å². The van der Waals surface area contributed by atoms with E-state index < -0.39 is 0 Å². The third-order valence-corrected chi connectivity index (χ3v) is 7.22. The second-order valence-corrected chi connectivity index (χ2v) is 8.51. The van der Waals surface area contributed by atoms with Crippen LogP contribution in [0.25, 0.3) is 0 Å². The molecule has 1 N–H and O–H groups in total. The van der Waals surface area contributed by atoms with Crippen molar-refractivity contribution < 1.29 is 0 Å². The minimum absolute atomic E-state index is 0.707. The van der Waals surface area contributed by atoms with Gasteiger partial charge in [-0.2, -0.15) is 0 Å². The van der Waals surface area contributed by atoms with Gasteiger partial charge in [0.25, 0.3) is 0 Å². The van der Waals surface area contributed by atoms with Gasteiger partial charge in [0, 0.05) is 6.04 Å². The quantitative estimate of drug-likeness (QED) is 0.726. The van der Waals surface area contributed by atoms with Crippen LogP contribution in [0.2, 0.25) is 0 Å². The summed E-state index contributed by atoms with van der Waals surface area (Å²) in [6, 6.07) is 0.707. The number of likely N-dealkylation sites (N-methyl/N-ethyl adjacent to an activating group) is 1. The molecule has 118 valence electrons. The van der Waals surface area contributed by atoms with Crippen molar-refractivity contribution >= 4 is 0 Å². The predicted octanol–water partition coefficient (Wildman–Crippen LogP) is 4.93. The first-order valence-corrected chi connectivity index (χ1v) is 9.71. The highest BCUT2D eigenvalue weighted by atomic mass is 14.9. The van der Waals surface area contributed by atoms with E-state index in [1.807, 2.05) is 0 Å². The molecule has 1 heteroatoms. The maximum atomic E-state index is 3.78. The Kier molecular flexibility index (Phi) is 4.13. The van der Waals surface area contributed by atoms with Crippen LogP contribution in [-0.2, 0) is 0 Å². The average Bonchev–Trinajstić information content (AvgIpc) is 2.43. The van der Waals surface area contributed by atoms with Crippen LogP contribution >= 0.6 is 0 Å². The Labute approximate surface area is 131 Å². The van der Waals surface area contributed by atoms with Crippen molar-refractivity contribution in [3.8, 4) is 0 Å². The molecule has 0 aromatic heterocycles. The molecule has 21 heavy (non-hydrogen) atoms. The van der Waals surface area contributed by atoms with E-state index >= 15 is 0 Å². The molecule has 0 saturated heterocycles. The van der Waals surface area contributed by atoms with Crippen molar-refractivity contribution in [2.45, 2.75) is 76.7 Å². The third-order valence-electron chi connectivity index (χ3n) is 7.22. The first-order chi connectivity index (χ1) is 10.3. The fraction of sp³-hybridized carbons (Fsp3) is 0.900. The molecule has 0 radical (unpaired) electrons. The summed E-state index contributed by atoms with van der Waals surface area (Å²) < 4.78 is 0. The van der Waals surface area contributed by atoms with E-state index in [1.165, 1.54) is 38.5 Å². The lowest BCUT2D eigenvalue weighted by Gasteiger charge is -2.56. The Morgan fingerprint density at radius 2 is 1.57 bits per heavy atom. The lowest BCUT2D eigenvalue weighted by molar-refractivity contribution is -0.0463. The van der Waals surface area contributed by atoms with Crippen LogP contribution < -0.4 is 5.32 Å². The van der Waals surface area contributed by atoms with Gasteiger partial charge in [-0.25, -0.2) is 0 Å². The van der Waals surface area contributed by atoms with E-state index in [4.69, 9.17) is 0 Å². The van der Waals surface area contributed by atoms with E-state index in [0.29, 0.717) is 6.04 Å². The summed E-state index contributed by atoms with van der Waals surface area (Å²) in [4.78, 5) is 0. The maximum absolute atomic E-state index is 3.78. The van der Waals surface area contributed by atoms with Crippen molar-refractivity contribution in [3.63, 3.8) is 0 Å². The first kappa shape index (κ1) is 14.3. The molecule has 5 rings (SSSR count). The van der Waals surface area contributed by atoms with Gasteiger partial charge in [0.15, 0.2) is 0 Å². The fourth-order valence-corrected chi connectivity index (χ4v) is 6.64. The molecule has 1 atom stereocenters. The number of rotatable bonds is 3. The molecular formula is C20H33N. The van der Waals surface area contributed by atoms with E-state index in [-0.39, 0.29) is 0 Å². The lowest BCUT2D eigenvalue weighted by atomic mass is 9.50. The van der Waals surface area contributed by atoms with Gasteiger partial charge in [-0.15, -0.1) is 0 Å². The second kappa shape index (κ2) is 6.07. The van der Waals surface area contributed by atoms with Gasteiger partial charge in [-0.05, 0) is 94.4 Å². The van der Waals surface area contributed by atoms with Crippen LogP contribution in [0.3, 0.4) is 0 Å². The Morgan fingerprint density at radius 1 is 0.905 bits per heavy atom. The van der Waals surface area contributed by atoms with E-state index in [2.05, 4.69) is 18.4 Å².